The summed E-state index contributed by atoms with van der Waals surface area (Å²) in [6, 6.07) is -0.128. The molecule has 1 unspecified atom stereocenters. The van der Waals surface area contributed by atoms with Crippen molar-refractivity contribution in [3.63, 3.8) is 0 Å². The molecule has 16 heavy (non-hydrogen) atoms. The third-order valence-electron chi connectivity index (χ3n) is 2.83. The second-order valence-corrected chi connectivity index (χ2v) is 4.11. The lowest BCUT2D eigenvalue weighted by atomic mass is 9.97. The molecular weight excluding hydrogens is 214 g/mol. The molecule has 1 aromatic rings. The third-order valence-corrected chi connectivity index (χ3v) is 2.83. The number of rotatable bonds is 1. The molecule has 0 radical (unpaired) electrons. The van der Waals surface area contributed by atoms with Gasteiger partial charge in [-0.15, -0.1) is 0 Å². The molecule has 1 aliphatic heterocycles. The summed E-state index contributed by atoms with van der Waals surface area (Å²) in [4.78, 5) is 10.7. The predicted molar refractivity (Wildman–Crippen MR) is 55.0 cm³/mol. The minimum absolute atomic E-state index is 0.0327. The molecule has 1 atom stereocenters. The van der Waals surface area contributed by atoms with E-state index in [4.69, 9.17) is 4.74 Å². The number of fused-ring (bicyclic) bond motifs is 1. The zero-order valence-corrected chi connectivity index (χ0v) is 9.14. The molecule has 2 rings (SSSR count). The Morgan fingerprint density at radius 1 is 1.56 bits per heavy atom. The van der Waals surface area contributed by atoms with Crippen molar-refractivity contribution in [2.45, 2.75) is 32.8 Å². The molecule has 2 nitrogen and oxygen atoms in total. The zero-order valence-electron chi connectivity index (χ0n) is 9.14. The highest BCUT2D eigenvalue weighted by Crippen LogP contribution is 2.34. The summed E-state index contributed by atoms with van der Waals surface area (Å²) >= 11 is 0. The lowest BCUT2D eigenvalue weighted by molar-refractivity contribution is 0.0827. The molecule has 0 N–H and O–H groups in total. The Kier molecular flexibility index (Phi) is 2.66. The maximum atomic E-state index is 13.9. The van der Waals surface area contributed by atoms with Gasteiger partial charge in [-0.25, -0.2) is 4.39 Å². The van der Waals surface area contributed by atoms with Gasteiger partial charge in [0.05, 0.1) is 11.7 Å². The number of hydrogen-bond donors (Lipinski definition) is 0. The molecule has 0 aromatic heterocycles. The molecule has 0 spiro atoms. The van der Waals surface area contributed by atoms with Crippen LogP contribution in [0.15, 0.2) is 6.07 Å². The van der Waals surface area contributed by atoms with Crippen molar-refractivity contribution in [1.29, 1.82) is 0 Å². The Hall–Kier alpha value is -1.45. The molecule has 0 amide bonds. The van der Waals surface area contributed by atoms with E-state index in [-0.39, 0.29) is 11.9 Å². The molecule has 1 aliphatic rings. The molecule has 0 fully saturated rings. The standard InChI is InChI=1S/C12H12F2O2/c1-6-5-8-4-3-7(2)16-11(8)10(13)9(6)12(14)15/h5,7H,3-4H2,1-2H3. The fourth-order valence-corrected chi connectivity index (χ4v) is 2.00. The van der Waals surface area contributed by atoms with Crippen LogP contribution in [0, 0.1) is 12.7 Å². The summed E-state index contributed by atoms with van der Waals surface area (Å²) in [7, 11) is 0. The molecule has 0 saturated carbocycles. The summed E-state index contributed by atoms with van der Waals surface area (Å²) < 4.78 is 31.9. The summed E-state index contributed by atoms with van der Waals surface area (Å²) in [5.74, 6) is -0.834. The van der Waals surface area contributed by atoms with E-state index in [1.54, 1.807) is 6.07 Å². The fraction of sp³-hybridized carbons (Fsp3) is 0.417. The molecule has 1 aromatic carbocycles. The highest BCUT2D eigenvalue weighted by Gasteiger charge is 2.26. The third kappa shape index (κ3) is 1.68. The van der Waals surface area contributed by atoms with Gasteiger partial charge >= 0.3 is 6.04 Å². The van der Waals surface area contributed by atoms with E-state index in [9.17, 15) is 13.6 Å². The zero-order chi connectivity index (χ0) is 11.9. The Bertz CT molecular complexity index is 455. The predicted octanol–water partition coefficient (Wildman–Crippen LogP) is 2.96. The van der Waals surface area contributed by atoms with Crippen LogP contribution in [-0.4, -0.2) is 12.1 Å². The molecule has 0 bridgehead atoms. The van der Waals surface area contributed by atoms with Crippen LogP contribution in [0.2, 0.25) is 0 Å². The summed E-state index contributed by atoms with van der Waals surface area (Å²) in [5, 5.41) is 0. The number of ether oxygens (including phenoxy) is 1. The van der Waals surface area contributed by atoms with E-state index in [0.717, 1.165) is 6.42 Å². The maximum Gasteiger partial charge on any atom is 0.335 e. The monoisotopic (exact) mass is 226 g/mol. The minimum Gasteiger partial charge on any atom is -0.487 e. The first-order chi connectivity index (χ1) is 7.50. The van der Waals surface area contributed by atoms with Crippen LogP contribution in [0.1, 0.15) is 34.8 Å². The van der Waals surface area contributed by atoms with E-state index in [0.29, 0.717) is 17.5 Å². The van der Waals surface area contributed by atoms with Gasteiger partial charge in [0.25, 0.3) is 0 Å². The number of carbonyl (C=O) groups excluding carboxylic acids is 1. The topological polar surface area (TPSA) is 26.3 Å². The van der Waals surface area contributed by atoms with Gasteiger partial charge in [-0.05, 0) is 37.8 Å². The van der Waals surface area contributed by atoms with Crippen molar-refractivity contribution < 1.29 is 18.3 Å². The van der Waals surface area contributed by atoms with Gasteiger partial charge in [0, 0.05) is 0 Å². The lowest BCUT2D eigenvalue weighted by Crippen LogP contribution is -2.21. The van der Waals surface area contributed by atoms with Crippen LogP contribution < -0.4 is 4.74 Å². The van der Waals surface area contributed by atoms with E-state index < -0.39 is 17.4 Å². The Balaban J connectivity index is 2.60. The first-order valence-electron chi connectivity index (χ1n) is 5.19. The Morgan fingerprint density at radius 2 is 2.25 bits per heavy atom. The van der Waals surface area contributed by atoms with E-state index in [2.05, 4.69) is 0 Å². The van der Waals surface area contributed by atoms with Gasteiger partial charge in [-0.1, -0.05) is 6.07 Å². The number of hydrogen-bond acceptors (Lipinski definition) is 2. The molecule has 1 heterocycles. The molecule has 4 heteroatoms. The second-order valence-electron chi connectivity index (χ2n) is 4.11. The van der Waals surface area contributed by atoms with Crippen LogP contribution in [0.3, 0.4) is 0 Å². The smallest absolute Gasteiger partial charge is 0.335 e. The average Bonchev–Trinajstić information content (AvgIpc) is 2.19. The van der Waals surface area contributed by atoms with Gasteiger partial charge in [0.2, 0.25) is 0 Å². The van der Waals surface area contributed by atoms with Crippen LogP contribution in [0.25, 0.3) is 0 Å². The van der Waals surface area contributed by atoms with Crippen molar-refractivity contribution >= 4 is 6.04 Å². The molecule has 0 aliphatic carbocycles. The average molecular weight is 226 g/mol. The molecule has 86 valence electrons. The summed E-state index contributed by atoms with van der Waals surface area (Å²) in [5.41, 5.74) is 0.521. The SMILES string of the molecule is Cc1cc2c(c(F)c1C(=O)F)OC(C)CC2. The van der Waals surface area contributed by atoms with Crippen molar-refractivity contribution in [2.24, 2.45) is 0 Å². The maximum absolute atomic E-state index is 13.9. The van der Waals surface area contributed by atoms with Gasteiger partial charge < -0.3 is 4.74 Å². The van der Waals surface area contributed by atoms with Crippen LogP contribution in [0.4, 0.5) is 8.78 Å². The number of benzene rings is 1. The summed E-state index contributed by atoms with van der Waals surface area (Å²) in [6.07, 6.45) is 1.39. The van der Waals surface area contributed by atoms with Crippen molar-refractivity contribution in [3.05, 3.63) is 28.6 Å². The van der Waals surface area contributed by atoms with Crippen molar-refractivity contribution in [1.82, 2.24) is 0 Å². The minimum atomic E-state index is -1.75. The Labute approximate surface area is 92.2 Å². The van der Waals surface area contributed by atoms with Gasteiger partial charge in [-0.2, -0.15) is 4.39 Å². The van der Waals surface area contributed by atoms with E-state index in [1.807, 2.05) is 6.92 Å². The second kappa shape index (κ2) is 3.85. The van der Waals surface area contributed by atoms with Crippen LogP contribution >= 0.6 is 0 Å². The highest BCUT2D eigenvalue weighted by atomic mass is 19.1. The van der Waals surface area contributed by atoms with Crippen molar-refractivity contribution in [3.8, 4) is 5.75 Å². The first kappa shape index (κ1) is 11.0. The number of aryl methyl sites for hydroxylation is 2. The van der Waals surface area contributed by atoms with Gasteiger partial charge in [0.1, 0.15) is 0 Å². The number of halogens is 2. The molecular formula is C12H12F2O2. The number of carbonyl (C=O) groups is 1. The van der Waals surface area contributed by atoms with Gasteiger partial charge in [-0.3, -0.25) is 4.79 Å². The van der Waals surface area contributed by atoms with Crippen molar-refractivity contribution in [2.75, 3.05) is 0 Å². The van der Waals surface area contributed by atoms with Gasteiger partial charge in [0.15, 0.2) is 11.6 Å². The fourth-order valence-electron chi connectivity index (χ4n) is 2.00. The van der Waals surface area contributed by atoms with E-state index in [1.165, 1.54) is 6.92 Å². The molecule has 0 saturated heterocycles. The Morgan fingerprint density at radius 3 is 2.88 bits per heavy atom. The first-order valence-corrected chi connectivity index (χ1v) is 5.19. The lowest BCUT2D eigenvalue weighted by Gasteiger charge is -2.24. The van der Waals surface area contributed by atoms with Crippen LogP contribution in [0.5, 0.6) is 5.75 Å². The van der Waals surface area contributed by atoms with Crippen LogP contribution in [-0.2, 0) is 6.42 Å². The largest absolute Gasteiger partial charge is 0.487 e. The van der Waals surface area contributed by atoms with E-state index >= 15 is 0 Å². The highest BCUT2D eigenvalue weighted by molar-refractivity contribution is 5.91. The quantitative estimate of drug-likeness (QED) is 0.688. The normalized spacial score (nSPS) is 18.9. The summed E-state index contributed by atoms with van der Waals surface area (Å²) in [6.45, 7) is 3.34.